The van der Waals surface area contributed by atoms with E-state index < -0.39 is 5.82 Å². The number of rotatable bonds is 6. The molecule has 0 aliphatic heterocycles. The third kappa shape index (κ3) is 4.64. The van der Waals surface area contributed by atoms with Crippen molar-refractivity contribution in [3.8, 4) is 0 Å². The lowest BCUT2D eigenvalue weighted by atomic mass is 10.1. The molecule has 0 spiro atoms. The first-order valence-electron chi connectivity index (χ1n) is 8.19. The molecule has 0 saturated carbocycles. The largest absolute Gasteiger partial charge is 0.301 e. The molecule has 1 aromatic heterocycles. The van der Waals surface area contributed by atoms with Gasteiger partial charge in [0.05, 0.1) is 11.4 Å². The van der Waals surface area contributed by atoms with Gasteiger partial charge in [-0.25, -0.2) is 9.37 Å². The Morgan fingerprint density at radius 2 is 1.93 bits per heavy atom. The zero-order valence-corrected chi connectivity index (χ0v) is 16.0. The lowest BCUT2D eigenvalue weighted by Crippen LogP contribution is -2.17. The van der Waals surface area contributed by atoms with Crippen LogP contribution in [0.5, 0.6) is 0 Å². The monoisotopic (exact) mass is 402 g/mol. The Bertz CT molecular complexity index is 1020. The highest BCUT2D eigenvalue weighted by Gasteiger charge is 2.15. The maximum atomic E-state index is 14.1. The van der Waals surface area contributed by atoms with Crippen molar-refractivity contribution < 1.29 is 9.18 Å². The van der Waals surface area contributed by atoms with E-state index in [0.29, 0.717) is 22.0 Å². The van der Waals surface area contributed by atoms with Gasteiger partial charge >= 0.3 is 0 Å². The quantitative estimate of drug-likeness (QED) is 0.376. The summed E-state index contributed by atoms with van der Waals surface area (Å²) in [6.07, 6.45) is 0.0987. The summed E-state index contributed by atoms with van der Waals surface area (Å²) in [4.78, 5) is 31.5. The molecule has 0 atom stereocenters. The van der Waals surface area contributed by atoms with Gasteiger partial charge in [0.2, 0.25) is 0 Å². The van der Waals surface area contributed by atoms with Gasteiger partial charge in [0, 0.05) is 28.1 Å². The molecule has 0 aliphatic rings. The van der Waals surface area contributed by atoms with E-state index in [0.717, 1.165) is 11.8 Å². The summed E-state index contributed by atoms with van der Waals surface area (Å²) >= 11 is 7.21. The smallest absolute Gasteiger partial charge is 0.254 e. The SMILES string of the molecule is Cc1c(Cc2c(F)cccc2Cl)nc(SCC(=O)c2ccccc2)[nH]c1=O. The number of Topliss-reactive ketones (excluding diaryl/α,β-unsaturated/α-hetero) is 1. The van der Waals surface area contributed by atoms with Gasteiger partial charge in [-0.1, -0.05) is 59.8 Å². The Kier molecular flexibility index (Phi) is 6.08. The van der Waals surface area contributed by atoms with Gasteiger partial charge in [0.25, 0.3) is 5.56 Å². The molecule has 27 heavy (non-hydrogen) atoms. The fraction of sp³-hybridized carbons (Fsp3) is 0.150. The summed E-state index contributed by atoms with van der Waals surface area (Å²) in [7, 11) is 0. The van der Waals surface area contributed by atoms with Crippen molar-refractivity contribution in [1.82, 2.24) is 9.97 Å². The van der Waals surface area contributed by atoms with Crippen LogP contribution in [0.2, 0.25) is 5.02 Å². The maximum absolute atomic E-state index is 14.1. The van der Waals surface area contributed by atoms with E-state index >= 15 is 0 Å². The summed E-state index contributed by atoms with van der Waals surface area (Å²) in [6.45, 7) is 1.62. The number of thioether (sulfide) groups is 1. The van der Waals surface area contributed by atoms with Crippen LogP contribution in [0.15, 0.2) is 58.5 Å². The minimum atomic E-state index is -0.447. The number of aromatic amines is 1. The number of carbonyl (C=O) groups excluding carboxylic acids is 1. The molecule has 0 saturated heterocycles. The van der Waals surface area contributed by atoms with Crippen LogP contribution in [0.3, 0.4) is 0 Å². The minimum Gasteiger partial charge on any atom is -0.301 e. The second-order valence-electron chi connectivity index (χ2n) is 5.90. The number of hydrogen-bond acceptors (Lipinski definition) is 4. The van der Waals surface area contributed by atoms with E-state index in [2.05, 4.69) is 9.97 Å². The van der Waals surface area contributed by atoms with Crippen molar-refractivity contribution in [1.29, 1.82) is 0 Å². The van der Waals surface area contributed by atoms with Crippen molar-refractivity contribution in [2.24, 2.45) is 0 Å². The topological polar surface area (TPSA) is 62.8 Å². The second kappa shape index (κ2) is 8.50. The van der Waals surface area contributed by atoms with Gasteiger partial charge in [-0.15, -0.1) is 0 Å². The number of H-pyrrole nitrogens is 1. The molecule has 1 N–H and O–H groups in total. The highest BCUT2D eigenvalue weighted by molar-refractivity contribution is 7.99. The molecule has 0 unspecified atom stereocenters. The van der Waals surface area contributed by atoms with Crippen LogP contribution in [0.25, 0.3) is 0 Å². The van der Waals surface area contributed by atoms with Crippen molar-refractivity contribution in [2.75, 3.05) is 5.75 Å². The van der Waals surface area contributed by atoms with E-state index in [1.807, 2.05) is 6.07 Å². The summed E-state index contributed by atoms with van der Waals surface area (Å²) in [6, 6.07) is 13.3. The summed E-state index contributed by atoms with van der Waals surface area (Å²) in [5.74, 6) is -0.379. The standard InChI is InChI=1S/C20H16ClFN2O2S/c1-12-17(10-14-15(21)8-5-9-16(14)22)23-20(24-19(12)26)27-11-18(25)13-6-3-2-4-7-13/h2-9H,10-11H2,1H3,(H,23,24,26). The van der Waals surface area contributed by atoms with Gasteiger partial charge in [-0.2, -0.15) is 0 Å². The van der Waals surface area contributed by atoms with Crippen molar-refractivity contribution in [2.45, 2.75) is 18.5 Å². The lowest BCUT2D eigenvalue weighted by Gasteiger charge is -2.09. The summed E-state index contributed by atoms with van der Waals surface area (Å²) in [5.41, 5.74) is 1.39. The average molecular weight is 403 g/mol. The Hall–Kier alpha value is -2.44. The Morgan fingerprint density at radius 1 is 1.19 bits per heavy atom. The summed E-state index contributed by atoms with van der Waals surface area (Å²) in [5, 5.41) is 0.599. The van der Waals surface area contributed by atoms with Gasteiger partial charge in [0.1, 0.15) is 5.82 Å². The Balaban J connectivity index is 1.82. The lowest BCUT2D eigenvalue weighted by molar-refractivity contribution is 0.102. The van der Waals surface area contributed by atoms with Crippen LogP contribution in [-0.2, 0) is 6.42 Å². The van der Waals surface area contributed by atoms with E-state index in [-0.39, 0.29) is 34.1 Å². The zero-order valence-electron chi connectivity index (χ0n) is 14.5. The fourth-order valence-electron chi connectivity index (χ4n) is 2.51. The van der Waals surface area contributed by atoms with Crippen LogP contribution >= 0.6 is 23.4 Å². The predicted molar refractivity (Wildman–Crippen MR) is 105 cm³/mol. The number of ketones is 1. The van der Waals surface area contributed by atoms with E-state index in [4.69, 9.17) is 11.6 Å². The summed E-state index contributed by atoms with van der Waals surface area (Å²) < 4.78 is 14.1. The zero-order chi connectivity index (χ0) is 19.4. The molecule has 0 bridgehead atoms. The fourth-order valence-corrected chi connectivity index (χ4v) is 3.51. The van der Waals surface area contributed by atoms with Gasteiger partial charge < -0.3 is 4.98 Å². The van der Waals surface area contributed by atoms with Gasteiger partial charge in [0.15, 0.2) is 10.9 Å². The molecule has 2 aromatic carbocycles. The molecule has 0 aliphatic carbocycles. The first-order chi connectivity index (χ1) is 13.0. The molecule has 4 nitrogen and oxygen atoms in total. The van der Waals surface area contributed by atoms with Crippen LogP contribution in [0, 0.1) is 12.7 Å². The first kappa shape index (κ1) is 19.3. The highest BCUT2D eigenvalue weighted by atomic mass is 35.5. The van der Waals surface area contributed by atoms with Crippen LogP contribution in [0.1, 0.15) is 27.2 Å². The van der Waals surface area contributed by atoms with Crippen LogP contribution in [-0.4, -0.2) is 21.5 Å². The van der Waals surface area contributed by atoms with E-state index in [1.165, 1.54) is 12.1 Å². The first-order valence-corrected chi connectivity index (χ1v) is 9.56. The normalized spacial score (nSPS) is 10.8. The number of benzene rings is 2. The van der Waals surface area contributed by atoms with Crippen molar-refractivity contribution in [3.63, 3.8) is 0 Å². The Morgan fingerprint density at radius 3 is 2.63 bits per heavy atom. The Labute approximate surface area is 164 Å². The van der Waals surface area contributed by atoms with E-state index in [1.54, 1.807) is 37.3 Å². The molecule has 1 heterocycles. The molecule has 0 radical (unpaired) electrons. The third-order valence-electron chi connectivity index (χ3n) is 4.07. The highest BCUT2D eigenvalue weighted by Crippen LogP contribution is 2.23. The van der Waals surface area contributed by atoms with Crippen molar-refractivity contribution in [3.05, 3.63) is 92.1 Å². The number of aromatic nitrogens is 2. The average Bonchev–Trinajstić information content (AvgIpc) is 2.67. The molecule has 138 valence electrons. The van der Waals surface area contributed by atoms with Gasteiger partial charge in [-0.3, -0.25) is 9.59 Å². The van der Waals surface area contributed by atoms with Crippen LogP contribution < -0.4 is 5.56 Å². The minimum absolute atomic E-state index is 0.0671. The molecule has 3 rings (SSSR count). The third-order valence-corrected chi connectivity index (χ3v) is 5.30. The molecular weight excluding hydrogens is 387 g/mol. The van der Waals surface area contributed by atoms with Crippen LogP contribution in [0.4, 0.5) is 4.39 Å². The number of nitrogens with one attached hydrogen (secondary N) is 1. The molecule has 0 fully saturated rings. The van der Waals surface area contributed by atoms with E-state index in [9.17, 15) is 14.0 Å². The van der Waals surface area contributed by atoms with Gasteiger partial charge in [-0.05, 0) is 19.1 Å². The maximum Gasteiger partial charge on any atom is 0.254 e. The molecule has 0 amide bonds. The van der Waals surface area contributed by atoms with Crippen molar-refractivity contribution >= 4 is 29.1 Å². The number of halogens is 2. The molecular formula is C20H16ClFN2O2S. The number of hydrogen-bond donors (Lipinski definition) is 1. The number of nitrogens with zero attached hydrogens (tertiary/aromatic N) is 1. The number of carbonyl (C=O) groups is 1. The second-order valence-corrected chi connectivity index (χ2v) is 7.27. The molecule has 3 aromatic rings. The molecule has 7 heteroatoms. The predicted octanol–water partition coefficient (Wildman–Crippen LogP) is 4.44.